The van der Waals surface area contributed by atoms with E-state index in [2.05, 4.69) is 20.9 Å². The number of esters is 1. The number of carbonyl (C=O) groups is 2. The van der Waals surface area contributed by atoms with Gasteiger partial charge in [-0.3, -0.25) is 9.59 Å². The maximum absolute atomic E-state index is 14.1. The third kappa shape index (κ3) is 9.74. The molecule has 3 aromatic rings. The fourth-order valence-electron chi connectivity index (χ4n) is 6.03. The third-order valence-electron chi connectivity index (χ3n) is 8.18. The number of aliphatic hydroxyl groups excluding tert-OH is 1. The molecule has 2 aromatic carbocycles. The Kier molecular flexibility index (Phi) is 13.0. The molecule has 0 radical (unpaired) electrons. The van der Waals surface area contributed by atoms with Crippen molar-refractivity contribution in [2.24, 2.45) is 5.92 Å². The van der Waals surface area contributed by atoms with E-state index in [1.54, 1.807) is 18.2 Å². The molecule has 2 N–H and O–H groups in total. The van der Waals surface area contributed by atoms with Gasteiger partial charge in [-0.15, -0.1) is 0 Å². The number of fused-ring (bicyclic) bond motifs is 1. The SMILES string of the molecule is CC(C)C[C@@H](NS(=O)(=O)C/C=C/Cl)C(=O)OC(C)(C)C(=O)N(CCO)[C@H]1CCc2c(-c3noc(-c4ccc(OC(C)C)c(C#N)c4)n3)cccc21. The molecule has 1 aliphatic rings. The Bertz CT molecular complexity index is 1900. The van der Waals surface area contributed by atoms with Gasteiger partial charge in [0.2, 0.25) is 15.8 Å². The number of benzene rings is 2. The van der Waals surface area contributed by atoms with Crippen molar-refractivity contribution in [2.45, 2.75) is 84.6 Å². The molecule has 0 spiro atoms. The van der Waals surface area contributed by atoms with Gasteiger partial charge in [0.1, 0.15) is 17.9 Å². The highest BCUT2D eigenvalue weighted by Gasteiger charge is 2.42. The number of amides is 1. The van der Waals surface area contributed by atoms with E-state index in [1.807, 2.05) is 45.9 Å². The van der Waals surface area contributed by atoms with Crippen molar-refractivity contribution in [3.8, 4) is 34.7 Å². The van der Waals surface area contributed by atoms with Crippen LogP contribution in [0.3, 0.4) is 0 Å². The van der Waals surface area contributed by atoms with Crippen molar-refractivity contribution in [3.63, 3.8) is 0 Å². The normalized spacial score (nSPS) is 15.2. The quantitative estimate of drug-likeness (QED) is 0.182. The summed E-state index contributed by atoms with van der Waals surface area (Å²) in [5.41, 5.74) is 2.69. The first-order valence-electron chi connectivity index (χ1n) is 16.7. The van der Waals surface area contributed by atoms with Crippen LogP contribution < -0.4 is 9.46 Å². The summed E-state index contributed by atoms with van der Waals surface area (Å²) in [6.45, 7) is 9.93. The Morgan fingerprint density at radius 2 is 1.98 bits per heavy atom. The largest absolute Gasteiger partial charge is 0.490 e. The number of rotatable bonds is 16. The molecule has 1 amide bonds. The maximum atomic E-state index is 14.1. The molecule has 1 heterocycles. The van der Waals surface area contributed by atoms with E-state index in [0.717, 1.165) is 16.7 Å². The smallest absolute Gasteiger partial charge is 0.325 e. The molecule has 0 saturated carbocycles. The molecule has 274 valence electrons. The van der Waals surface area contributed by atoms with E-state index in [0.29, 0.717) is 41.1 Å². The van der Waals surface area contributed by atoms with Gasteiger partial charge >= 0.3 is 5.97 Å². The summed E-state index contributed by atoms with van der Waals surface area (Å²) in [5, 5.41) is 23.9. The van der Waals surface area contributed by atoms with Crippen LogP contribution in [0.25, 0.3) is 22.8 Å². The Morgan fingerprint density at radius 3 is 2.63 bits per heavy atom. The number of sulfonamides is 1. The molecule has 0 unspecified atom stereocenters. The summed E-state index contributed by atoms with van der Waals surface area (Å²) >= 11 is 5.50. The molecule has 0 fully saturated rings. The molecule has 1 aliphatic carbocycles. The number of hydrogen-bond acceptors (Lipinski definition) is 11. The van der Waals surface area contributed by atoms with Gasteiger partial charge in [0, 0.05) is 23.2 Å². The van der Waals surface area contributed by atoms with E-state index in [9.17, 15) is 28.4 Å². The van der Waals surface area contributed by atoms with Crippen LogP contribution in [0.2, 0.25) is 0 Å². The van der Waals surface area contributed by atoms with Crippen molar-refractivity contribution in [3.05, 3.63) is 64.7 Å². The Labute approximate surface area is 303 Å². The van der Waals surface area contributed by atoms with Crippen molar-refractivity contribution in [1.82, 2.24) is 19.8 Å². The van der Waals surface area contributed by atoms with Gasteiger partial charge in [0.25, 0.3) is 11.8 Å². The molecule has 13 nitrogen and oxygen atoms in total. The fraction of sp³-hybridized carbons (Fsp3) is 0.472. The Hall–Kier alpha value is -4.29. The van der Waals surface area contributed by atoms with E-state index in [1.165, 1.54) is 24.8 Å². The molecule has 0 bridgehead atoms. The predicted molar refractivity (Wildman–Crippen MR) is 191 cm³/mol. The summed E-state index contributed by atoms with van der Waals surface area (Å²) in [5.74, 6) is -0.934. The van der Waals surface area contributed by atoms with E-state index < -0.39 is 45.3 Å². The minimum Gasteiger partial charge on any atom is -0.490 e. The molecule has 0 aliphatic heterocycles. The lowest BCUT2D eigenvalue weighted by Gasteiger charge is -2.36. The minimum absolute atomic E-state index is 0.0366. The molecular formula is C36H44ClN5O8S. The Balaban J connectivity index is 1.58. The van der Waals surface area contributed by atoms with Crippen molar-refractivity contribution < 1.29 is 37.1 Å². The van der Waals surface area contributed by atoms with Crippen LogP contribution in [0.4, 0.5) is 0 Å². The fourth-order valence-corrected chi connectivity index (χ4v) is 7.30. The van der Waals surface area contributed by atoms with Gasteiger partial charge in [-0.25, -0.2) is 13.1 Å². The van der Waals surface area contributed by atoms with Crippen molar-refractivity contribution in [2.75, 3.05) is 18.9 Å². The predicted octanol–water partition coefficient (Wildman–Crippen LogP) is 5.28. The first kappa shape index (κ1) is 39.5. The summed E-state index contributed by atoms with van der Waals surface area (Å²) < 4.78 is 44.6. The van der Waals surface area contributed by atoms with E-state index in [-0.39, 0.29) is 37.5 Å². The zero-order valence-corrected chi connectivity index (χ0v) is 31.1. The molecule has 0 saturated heterocycles. The highest BCUT2D eigenvalue weighted by molar-refractivity contribution is 7.89. The second-order valence-corrected chi connectivity index (χ2v) is 15.5. The van der Waals surface area contributed by atoms with Gasteiger partial charge in [-0.1, -0.05) is 54.9 Å². The summed E-state index contributed by atoms with van der Waals surface area (Å²) in [6.07, 6.45) is 2.34. The van der Waals surface area contributed by atoms with Crippen LogP contribution in [0.15, 0.2) is 52.5 Å². The van der Waals surface area contributed by atoms with Gasteiger partial charge in [-0.2, -0.15) is 10.2 Å². The summed E-state index contributed by atoms with van der Waals surface area (Å²) in [7, 11) is -3.92. The topological polar surface area (TPSA) is 185 Å². The molecule has 1 aromatic heterocycles. The first-order chi connectivity index (χ1) is 24.1. The van der Waals surface area contributed by atoms with Gasteiger partial charge in [-0.05, 0) is 82.2 Å². The number of aliphatic hydroxyl groups is 1. The van der Waals surface area contributed by atoms with Crippen LogP contribution in [-0.2, 0) is 30.8 Å². The standard InChI is InChI=1S/C36H44ClN5O8S/c1-22(2)19-29(41-51(46,47)18-8-15-37)34(44)49-36(5,6)35(45)42(16-17-43)30-13-12-26-27(30)9-7-10-28(26)32-39-33(50-40-32)24-11-14-31(48-23(3)4)25(20-24)21-38/h7-11,14-15,20,22-23,29-30,41,43H,12-13,16-19H2,1-6H3/b15-8+/t29-,30+/m1/s1. The number of nitriles is 1. The highest BCUT2D eigenvalue weighted by atomic mass is 35.5. The monoisotopic (exact) mass is 741 g/mol. The average Bonchev–Trinajstić information content (AvgIpc) is 3.73. The molecule has 2 atom stereocenters. The zero-order valence-electron chi connectivity index (χ0n) is 29.6. The highest BCUT2D eigenvalue weighted by Crippen LogP contribution is 2.41. The Morgan fingerprint density at radius 1 is 1.24 bits per heavy atom. The van der Waals surface area contributed by atoms with Crippen LogP contribution in [0.5, 0.6) is 5.75 Å². The molecule has 51 heavy (non-hydrogen) atoms. The van der Waals surface area contributed by atoms with Gasteiger partial charge < -0.3 is 24.0 Å². The number of nitrogens with zero attached hydrogens (tertiary/aromatic N) is 4. The number of halogens is 1. The van der Waals surface area contributed by atoms with Crippen LogP contribution >= 0.6 is 11.6 Å². The van der Waals surface area contributed by atoms with E-state index in [4.69, 9.17) is 25.6 Å². The summed E-state index contributed by atoms with van der Waals surface area (Å²) in [4.78, 5) is 33.6. The number of ether oxygens (including phenoxy) is 2. The number of hydrogen-bond donors (Lipinski definition) is 2. The maximum Gasteiger partial charge on any atom is 0.325 e. The zero-order chi connectivity index (χ0) is 37.5. The summed E-state index contributed by atoms with van der Waals surface area (Å²) in [6, 6.07) is 11.1. The molecule has 15 heteroatoms. The second kappa shape index (κ2) is 16.8. The van der Waals surface area contributed by atoms with Crippen LogP contribution in [0, 0.1) is 17.2 Å². The molecule has 4 rings (SSSR count). The van der Waals surface area contributed by atoms with Gasteiger partial charge in [0.15, 0.2) is 5.60 Å². The first-order valence-corrected chi connectivity index (χ1v) is 18.8. The average molecular weight is 742 g/mol. The number of aromatic nitrogens is 2. The second-order valence-electron chi connectivity index (χ2n) is 13.4. The van der Waals surface area contributed by atoms with E-state index >= 15 is 0 Å². The van der Waals surface area contributed by atoms with Crippen molar-refractivity contribution in [1.29, 1.82) is 5.26 Å². The number of nitrogens with one attached hydrogen (secondary N) is 1. The lowest BCUT2D eigenvalue weighted by atomic mass is 9.99. The molecular weight excluding hydrogens is 698 g/mol. The third-order valence-corrected chi connectivity index (χ3v) is 9.64. The number of carbonyl (C=O) groups excluding carboxylic acids is 2. The van der Waals surface area contributed by atoms with Crippen molar-refractivity contribution >= 4 is 33.5 Å². The minimum atomic E-state index is -3.92. The van der Waals surface area contributed by atoms with Crippen LogP contribution in [0.1, 0.15) is 77.1 Å². The lowest BCUT2D eigenvalue weighted by Crippen LogP contribution is -2.52. The lowest BCUT2D eigenvalue weighted by molar-refractivity contribution is -0.173. The van der Waals surface area contributed by atoms with Gasteiger partial charge in [0.05, 0.1) is 30.1 Å². The van der Waals surface area contributed by atoms with Crippen LogP contribution in [-0.4, -0.2) is 77.1 Å².